The first-order valence-electron chi connectivity index (χ1n) is 6.88. The molecule has 0 radical (unpaired) electrons. The second-order valence-electron chi connectivity index (χ2n) is 4.94. The smallest absolute Gasteiger partial charge is 0.410 e. The molecule has 2 aromatic rings. The molecule has 0 unspecified atom stereocenters. The fourth-order valence-electron chi connectivity index (χ4n) is 2.40. The number of aromatic nitrogens is 1. The molecule has 0 atom stereocenters. The highest BCUT2D eigenvalue weighted by atomic mass is 35.5. The third-order valence-corrected chi connectivity index (χ3v) is 3.72. The Bertz CT molecular complexity index is 706. The maximum absolute atomic E-state index is 11.6. The summed E-state index contributed by atoms with van der Waals surface area (Å²) < 4.78 is 10.2. The normalized spacial score (nSPS) is 14.1. The number of carbonyl (C=O) groups excluding carboxylic acids is 1. The highest BCUT2D eigenvalue weighted by molar-refractivity contribution is 6.30. The summed E-state index contributed by atoms with van der Waals surface area (Å²) in [6.45, 7) is 1.40. The number of amides is 1. The van der Waals surface area contributed by atoms with Crippen LogP contribution in [0.3, 0.4) is 0 Å². The van der Waals surface area contributed by atoms with E-state index in [2.05, 4.69) is 4.98 Å². The quantitative estimate of drug-likeness (QED) is 0.867. The van der Waals surface area contributed by atoms with Crippen LogP contribution in [-0.2, 0) is 11.3 Å². The van der Waals surface area contributed by atoms with Crippen molar-refractivity contribution in [3.8, 4) is 17.0 Å². The number of cyclic esters (lactones) is 1. The van der Waals surface area contributed by atoms with Crippen LogP contribution in [0.2, 0.25) is 5.02 Å². The molecule has 6 heteroatoms. The molecule has 0 N–H and O–H groups in total. The first-order chi connectivity index (χ1) is 10.7. The molecule has 0 saturated carbocycles. The number of ether oxygens (including phenoxy) is 2. The summed E-state index contributed by atoms with van der Waals surface area (Å²) >= 11 is 6.04. The van der Waals surface area contributed by atoms with E-state index in [-0.39, 0.29) is 6.09 Å². The van der Waals surface area contributed by atoms with E-state index >= 15 is 0 Å². The number of nitrogens with zero attached hydrogens (tertiary/aromatic N) is 2. The van der Waals surface area contributed by atoms with Crippen LogP contribution >= 0.6 is 11.6 Å². The molecule has 2 heterocycles. The zero-order valence-corrected chi connectivity index (χ0v) is 12.8. The van der Waals surface area contributed by atoms with Crippen molar-refractivity contribution in [2.45, 2.75) is 6.54 Å². The number of benzene rings is 1. The van der Waals surface area contributed by atoms with E-state index < -0.39 is 0 Å². The Kier molecular flexibility index (Phi) is 4.15. The molecule has 1 amide bonds. The van der Waals surface area contributed by atoms with Gasteiger partial charge in [-0.3, -0.25) is 0 Å². The highest BCUT2D eigenvalue weighted by Crippen LogP contribution is 2.27. The van der Waals surface area contributed by atoms with Crippen molar-refractivity contribution in [2.24, 2.45) is 0 Å². The largest absolute Gasteiger partial charge is 0.481 e. The topological polar surface area (TPSA) is 51.7 Å². The second-order valence-corrected chi connectivity index (χ2v) is 5.38. The van der Waals surface area contributed by atoms with Gasteiger partial charge in [-0.15, -0.1) is 0 Å². The summed E-state index contributed by atoms with van der Waals surface area (Å²) in [6, 6.07) is 9.51. The number of carbonyl (C=O) groups is 1. The lowest BCUT2D eigenvalue weighted by molar-refractivity contribution is 0.157. The van der Waals surface area contributed by atoms with Crippen molar-refractivity contribution < 1.29 is 14.3 Å². The average molecular weight is 319 g/mol. The Morgan fingerprint density at radius 3 is 2.91 bits per heavy atom. The minimum absolute atomic E-state index is 0.310. The maximum Gasteiger partial charge on any atom is 0.410 e. The van der Waals surface area contributed by atoms with Crippen LogP contribution in [0.5, 0.6) is 5.88 Å². The molecule has 1 aromatic heterocycles. The fourth-order valence-corrected chi connectivity index (χ4v) is 2.59. The van der Waals surface area contributed by atoms with E-state index in [0.717, 1.165) is 16.7 Å². The molecule has 5 nitrogen and oxygen atoms in total. The summed E-state index contributed by atoms with van der Waals surface area (Å²) in [5.74, 6) is 0.505. The van der Waals surface area contributed by atoms with Crippen LogP contribution < -0.4 is 4.74 Å². The van der Waals surface area contributed by atoms with Crippen LogP contribution in [0.1, 0.15) is 5.56 Å². The Morgan fingerprint density at radius 1 is 1.36 bits per heavy atom. The fraction of sp³-hybridized carbons (Fsp3) is 0.250. The summed E-state index contributed by atoms with van der Waals surface area (Å²) in [6.07, 6.45) is 1.42. The Hall–Kier alpha value is -2.27. The van der Waals surface area contributed by atoms with Crippen LogP contribution in [0.25, 0.3) is 11.1 Å². The van der Waals surface area contributed by atoms with Gasteiger partial charge in [0.05, 0.1) is 20.2 Å². The molecule has 1 fully saturated rings. The molecule has 1 aliphatic heterocycles. The van der Waals surface area contributed by atoms with E-state index in [1.807, 2.05) is 30.3 Å². The molecule has 1 saturated heterocycles. The van der Waals surface area contributed by atoms with Gasteiger partial charge in [0, 0.05) is 22.3 Å². The van der Waals surface area contributed by atoms with Gasteiger partial charge in [0.2, 0.25) is 5.88 Å². The van der Waals surface area contributed by atoms with E-state index in [0.29, 0.717) is 30.6 Å². The van der Waals surface area contributed by atoms with Gasteiger partial charge in [-0.25, -0.2) is 9.78 Å². The van der Waals surface area contributed by atoms with Gasteiger partial charge in [-0.2, -0.15) is 0 Å². The zero-order chi connectivity index (χ0) is 15.5. The predicted molar refractivity (Wildman–Crippen MR) is 83.0 cm³/mol. The minimum atomic E-state index is -0.310. The molecule has 0 aliphatic carbocycles. The second kappa shape index (κ2) is 6.23. The third-order valence-electron chi connectivity index (χ3n) is 3.48. The molecular weight excluding hydrogens is 304 g/mol. The number of hydrogen-bond acceptors (Lipinski definition) is 4. The van der Waals surface area contributed by atoms with Crippen molar-refractivity contribution in [3.63, 3.8) is 0 Å². The maximum atomic E-state index is 11.6. The van der Waals surface area contributed by atoms with Crippen molar-refractivity contribution in [1.82, 2.24) is 9.88 Å². The first-order valence-corrected chi connectivity index (χ1v) is 7.26. The molecule has 0 bridgehead atoms. The standard InChI is InChI=1S/C16H15ClN2O3/c1-21-15-13(10-19-5-6-22-16(19)20)7-12(9-18-15)11-3-2-4-14(17)8-11/h2-4,7-9H,5-6,10H2,1H3. The van der Waals surface area contributed by atoms with Crippen molar-refractivity contribution in [2.75, 3.05) is 20.3 Å². The van der Waals surface area contributed by atoms with Crippen molar-refractivity contribution >= 4 is 17.7 Å². The van der Waals surface area contributed by atoms with E-state index in [9.17, 15) is 4.79 Å². The van der Waals surface area contributed by atoms with Crippen LogP contribution in [0.4, 0.5) is 4.79 Å². The van der Waals surface area contributed by atoms with E-state index in [4.69, 9.17) is 21.1 Å². The molecular formula is C16H15ClN2O3. The number of halogens is 1. The SMILES string of the molecule is COc1ncc(-c2cccc(Cl)c2)cc1CN1CCOC1=O. The predicted octanol–water partition coefficient (Wildman–Crippen LogP) is 3.36. The first kappa shape index (κ1) is 14.7. The van der Waals surface area contributed by atoms with E-state index in [1.54, 1.807) is 18.2 Å². The summed E-state index contributed by atoms with van der Waals surface area (Å²) in [4.78, 5) is 17.6. The molecule has 0 spiro atoms. The Balaban J connectivity index is 1.94. The van der Waals surface area contributed by atoms with Gasteiger partial charge in [-0.05, 0) is 23.8 Å². The average Bonchev–Trinajstić information content (AvgIpc) is 2.92. The van der Waals surface area contributed by atoms with Gasteiger partial charge in [0.1, 0.15) is 6.61 Å². The molecule has 1 aliphatic rings. The minimum Gasteiger partial charge on any atom is -0.481 e. The number of rotatable bonds is 4. The lowest BCUT2D eigenvalue weighted by Gasteiger charge is -2.15. The lowest BCUT2D eigenvalue weighted by Crippen LogP contribution is -2.24. The number of methoxy groups -OCH3 is 1. The molecule has 114 valence electrons. The van der Waals surface area contributed by atoms with Crippen molar-refractivity contribution in [1.29, 1.82) is 0 Å². The Morgan fingerprint density at radius 2 is 2.23 bits per heavy atom. The van der Waals surface area contributed by atoms with Crippen LogP contribution in [0, 0.1) is 0 Å². The van der Waals surface area contributed by atoms with Crippen LogP contribution in [-0.4, -0.2) is 36.2 Å². The van der Waals surface area contributed by atoms with Crippen LogP contribution in [0.15, 0.2) is 36.5 Å². The highest BCUT2D eigenvalue weighted by Gasteiger charge is 2.23. The lowest BCUT2D eigenvalue weighted by atomic mass is 10.1. The molecule has 1 aromatic carbocycles. The Labute approximate surface area is 133 Å². The van der Waals surface area contributed by atoms with Gasteiger partial charge >= 0.3 is 6.09 Å². The molecule has 22 heavy (non-hydrogen) atoms. The van der Waals surface area contributed by atoms with Crippen molar-refractivity contribution in [3.05, 3.63) is 47.1 Å². The van der Waals surface area contributed by atoms with Gasteiger partial charge in [0.25, 0.3) is 0 Å². The van der Waals surface area contributed by atoms with Gasteiger partial charge in [0.15, 0.2) is 0 Å². The summed E-state index contributed by atoms with van der Waals surface area (Å²) in [5.41, 5.74) is 2.72. The molecule has 3 rings (SSSR count). The van der Waals surface area contributed by atoms with E-state index in [1.165, 1.54) is 0 Å². The monoisotopic (exact) mass is 318 g/mol. The van der Waals surface area contributed by atoms with Gasteiger partial charge < -0.3 is 14.4 Å². The third kappa shape index (κ3) is 2.99. The zero-order valence-electron chi connectivity index (χ0n) is 12.1. The summed E-state index contributed by atoms with van der Waals surface area (Å²) in [7, 11) is 1.56. The number of pyridine rings is 1. The van der Waals surface area contributed by atoms with Gasteiger partial charge in [-0.1, -0.05) is 23.7 Å². The summed E-state index contributed by atoms with van der Waals surface area (Å²) in [5, 5.41) is 0.665. The number of hydrogen-bond donors (Lipinski definition) is 0.